The maximum Gasteiger partial charge on any atom is 0.236 e. The molecule has 3 atom stereocenters. The molecule has 0 aromatic heterocycles. The summed E-state index contributed by atoms with van der Waals surface area (Å²) in [5.41, 5.74) is 4.96. The minimum Gasteiger partial charge on any atom is -0.368 e. The van der Waals surface area contributed by atoms with E-state index in [9.17, 15) is 9.59 Å². The third-order valence-corrected chi connectivity index (χ3v) is 3.79. The van der Waals surface area contributed by atoms with Gasteiger partial charge >= 0.3 is 0 Å². The maximum absolute atomic E-state index is 11.5. The van der Waals surface area contributed by atoms with Crippen molar-refractivity contribution in [3.8, 4) is 0 Å². The molecular formula is C11H18N2O2. The van der Waals surface area contributed by atoms with Gasteiger partial charge in [-0.05, 0) is 37.0 Å². The molecular weight excluding hydrogens is 192 g/mol. The van der Waals surface area contributed by atoms with E-state index in [0.29, 0.717) is 12.3 Å². The quantitative estimate of drug-likeness (QED) is 0.705. The van der Waals surface area contributed by atoms with Crippen LogP contribution in [0.2, 0.25) is 0 Å². The summed E-state index contributed by atoms with van der Waals surface area (Å²) in [5.74, 6) is 1.68. The number of fused-ring (bicyclic) bond motifs is 2. The molecule has 2 amide bonds. The first-order valence-corrected chi connectivity index (χ1v) is 5.70. The van der Waals surface area contributed by atoms with Gasteiger partial charge in [-0.15, -0.1) is 0 Å². The van der Waals surface area contributed by atoms with Gasteiger partial charge in [-0.25, -0.2) is 0 Å². The minimum atomic E-state index is -0.476. The van der Waals surface area contributed by atoms with E-state index < -0.39 is 5.91 Å². The lowest BCUT2D eigenvalue weighted by Crippen LogP contribution is -2.34. The number of carbonyl (C=O) groups is 2. The summed E-state index contributed by atoms with van der Waals surface area (Å²) in [6, 6.07) is 0. The number of nitrogens with two attached hydrogens (primary N) is 1. The largest absolute Gasteiger partial charge is 0.368 e. The van der Waals surface area contributed by atoms with Crippen LogP contribution in [0.1, 0.15) is 32.1 Å². The fourth-order valence-corrected chi connectivity index (χ4v) is 3.12. The lowest BCUT2D eigenvalue weighted by atomic mass is 9.86. The molecule has 2 saturated carbocycles. The molecule has 84 valence electrons. The normalized spacial score (nSPS) is 32.9. The van der Waals surface area contributed by atoms with Gasteiger partial charge in [0.1, 0.15) is 0 Å². The Balaban J connectivity index is 1.73. The molecule has 2 rings (SSSR count). The van der Waals surface area contributed by atoms with Crippen LogP contribution in [0.5, 0.6) is 0 Å². The molecule has 0 aromatic rings. The van der Waals surface area contributed by atoms with Crippen LogP contribution in [0, 0.1) is 17.8 Å². The molecule has 0 radical (unpaired) electrons. The van der Waals surface area contributed by atoms with Gasteiger partial charge in [0, 0.05) is 6.42 Å². The molecule has 0 saturated heterocycles. The van der Waals surface area contributed by atoms with Crippen molar-refractivity contribution in [2.75, 3.05) is 6.54 Å². The van der Waals surface area contributed by atoms with Crippen molar-refractivity contribution < 1.29 is 9.59 Å². The van der Waals surface area contributed by atoms with E-state index in [2.05, 4.69) is 5.32 Å². The fourth-order valence-electron chi connectivity index (χ4n) is 3.12. The first-order chi connectivity index (χ1) is 7.15. The highest BCUT2D eigenvalue weighted by Gasteiger charge is 2.39. The Morgan fingerprint density at radius 2 is 2.07 bits per heavy atom. The van der Waals surface area contributed by atoms with Gasteiger partial charge < -0.3 is 11.1 Å². The van der Waals surface area contributed by atoms with Crippen molar-refractivity contribution >= 4 is 11.8 Å². The Hall–Kier alpha value is -1.06. The van der Waals surface area contributed by atoms with Crippen molar-refractivity contribution in [2.45, 2.75) is 32.1 Å². The number of rotatable bonds is 4. The second-order valence-corrected chi connectivity index (χ2v) is 4.88. The standard InChI is InChI=1S/C11H18N2O2/c12-10(14)6-13-11(15)5-9-4-7-1-2-8(9)3-7/h7-9H,1-6H2,(H2,12,14)(H,13,15). The number of hydrogen-bond acceptors (Lipinski definition) is 2. The Morgan fingerprint density at radius 1 is 1.27 bits per heavy atom. The third-order valence-electron chi connectivity index (χ3n) is 3.79. The van der Waals surface area contributed by atoms with Gasteiger partial charge in [-0.3, -0.25) is 9.59 Å². The molecule has 0 aromatic carbocycles. The number of nitrogens with one attached hydrogen (secondary N) is 1. The molecule has 4 heteroatoms. The Labute approximate surface area is 89.6 Å². The van der Waals surface area contributed by atoms with Crippen molar-refractivity contribution in [1.82, 2.24) is 5.32 Å². The maximum atomic E-state index is 11.5. The number of carbonyl (C=O) groups excluding carboxylic acids is 2. The zero-order valence-corrected chi connectivity index (χ0v) is 8.87. The van der Waals surface area contributed by atoms with Crippen LogP contribution < -0.4 is 11.1 Å². The molecule has 3 unspecified atom stereocenters. The summed E-state index contributed by atoms with van der Waals surface area (Å²) in [6.45, 7) is -0.0281. The summed E-state index contributed by atoms with van der Waals surface area (Å²) in [7, 11) is 0. The second kappa shape index (κ2) is 4.21. The van der Waals surface area contributed by atoms with Crippen molar-refractivity contribution in [1.29, 1.82) is 0 Å². The molecule has 2 fully saturated rings. The number of amides is 2. The zero-order chi connectivity index (χ0) is 10.8. The average molecular weight is 210 g/mol. The Kier molecular flexibility index (Phi) is 2.93. The van der Waals surface area contributed by atoms with E-state index in [0.717, 1.165) is 11.8 Å². The van der Waals surface area contributed by atoms with Gasteiger partial charge in [0.15, 0.2) is 0 Å². The Morgan fingerprint density at radius 3 is 2.60 bits per heavy atom. The van der Waals surface area contributed by atoms with E-state index in [1.54, 1.807) is 0 Å². The van der Waals surface area contributed by atoms with Crippen LogP contribution in [0.3, 0.4) is 0 Å². The highest BCUT2D eigenvalue weighted by atomic mass is 16.2. The lowest BCUT2D eigenvalue weighted by molar-refractivity contribution is -0.125. The Bertz CT molecular complexity index is 278. The molecule has 2 aliphatic carbocycles. The SMILES string of the molecule is NC(=O)CNC(=O)CC1CC2CCC1C2. The van der Waals surface area contributed by atoms with Crippen LogP contribution in [-0.2, 0) is 9.59 Å². The van der Waals surface area contributed by atoms with E-state index >= 15 is 0 Å². The molecule has 4 nitrogen and oxygen atoms in total. The zero-order valence-electron chi connectivity index (χ0n) is 8.87. The molecule has 15 heavy (non-hydrogen) atoms. The third kappa shape index (κ3) is 2.49. The second-order valence-electron chi connectivity index (χ2n) is 4.88. The van der Waals surface area contributed by atoms with Crippen molar-refractivity contribution in [3.05, 3.63) is 0 Å². The first-order valence-electron chi connectivity index (χ1n) is 5.70. The number of primary amides is 1. The van der Waals surface area contributed by atoms with E-state index in [4.69, 9.17) is 5.73 Å². The highest BCUT2D eigenvalue weighted by Crippen LogP contribution is 2.49. The molecule has 0 spiro atoms. The molecule has 0 heterocycles. The summed E-state index contributed by atoms with van der Waals surface area (Å²) in [6.07, 6.45) is 5.74. The fraction of sp³-hybridized carbons (Fsp3) is 0.818. The van der Waals surface area contributed by atoms with Gasteiger partial charge in [0.05, 0.1) is 6.54 Å². The molecule has 0 aliphatic heterocycles. The molecule has 2 bridgehead atoms. The van der Waals surface area contributed by atoms with Gasteiger partial charge in [0.25, 0.3) is 0 Å². The van der Waals surface area contributed by atoms with Crippen LogP contribution >= 0.6 is 0 Å². The predicted octanol–water partition coefficient (Wildman–Crippen LogP) is 0.414. The van der Waals surface area contributed by atoms with Crippen molar-refractivity contribution in [2.24, 2.45) is 23.5 Å². The molecule has 3 N–H and O–H groups in total. The lowest BCUT2D eigenvalue weighted by Gasteiger charge is -2.20. The first kappa shape index (κ1) is 10.5. The topological polar surface area (TPSA) is 72.2 Å². The van der Waals surface area contributed by atoms with E-state index in [-0.39, 0.29) is 12.5 Å². The summed E-state index contributed by atoms with van der Waals surface area (Å²) < 4.78 is 0. The van der Waals surface area contributed by atoms with Gasteiger partial charge in [0.2, 0.25) is 11.8 Å². The van der Waals surface area contributed by atoms with Crippen LogP contribution in [0.4, 0.5) is 0 Å². The number of hydrogen-bond donors (Lipinski definition) is 2. The molecule has 2 aliphatic rings. The highest BCUT2D eigenvalue weighted by molar-refractivity contribution is 5.83. The van der Waals surface area contributed by atoms with E-state index in [1.165, 1.54) is 25.7 Å². The predicted molar refractivity (Wildman–Crippen MR) is 55.8 cm³/mol. The van der Waals surface area contributed by atoms with Crippen LogP contribution in [0.25, 0.3) is 0 Å². The van der Waals surface area contributed by atoms with Gasteiger partial charge in [-0.2, -0.15) is 0 Å². The minimum absolute atomic E-state index is 0.0219. The van der Waals surface area contributed by atoms with E-state index in [1.807, 2.05) is 0 Å². The monoisotopic (exact) mass is 210 g/mol. The summed E-state index contributed by atoms with van der Waals surface area (Å²) >= 11 is 0. The van der Waals surface area contributed by atoms with Gasteiger partial charge in [-0.1, -0.05) is 6.42 Å². The van der Waals surface area contributed by atoms with Crippen LogP contribution in [-0.4, -0.2) is 18.4 Å². The summed E-state index contributed by atoms with van der Waals surface area (Å²) in [4.78, 5) is 21.9. The van der Waals surface area contributed by atoms with Crippen molar-refractivity contribution in [3.63, 3.8) is 0 Å². The smallest absolute Gasteiger partial charge is 0.236 e. The summed E-state index contributed by atoms with van der Waals surface area (Å²) in [5, 5.41) is 2.55. The average Bonchev–Trinajstić information content (AvgIpc) is 2.76. The van der Waals surface area contributed by atoms with Crippen LogP contribution in [0.15, 0.2) is 0 Å².